The van der Waals surface area contributed by atoms with Crippen LogP contribution in [-0.4, -0.2) is 48.9 Å². The number of aliphatic hydroxyl groups is 1. The monoisotopic (exact) mass is 456 g/mol. The van der Waals surface area contributed by atoms with Crippen LogP contribution in [0.25, 0.3) is 0 Å². The van der Waals surface area contributed by atoms with Gasteiger partial charge in [0.05, 0.1) is 19.6 Å². The molecule has 2 rings (SSSR count). The number of rotatable bonds is 10. The van der Waals surface area contributed by atoms with Crippen molar-refractivity contribution in [3.63, 3.8) is 0 Å². The van der Waals surface area contributed by atoms with Crippen molar-refractivity contribution in [1.29, 1.82) is 0 Å². The zero-order valence-corrected chi connectivity index (χ0v) is 17.3. The normalized spacial score (nSPS) is 12.2. The number of alkyl halides is 3. The van der Waals surface area contributed by atoms with Gasteiger partial charge >= 0.3 is 6.18 Å². The lowest BCUT2D eigenvalue weighted by Gasteiger charge is -2.19. The number of aryl methyl sites for hydroxylation is 1. The van der Waals surface area contributed by atoms with E-state index in [-0.39, 0.29) is 30.9 Å². The van der Waals surface area contributed by atoms with Crippen LogP contribution in [0.1, 0.15) is 27.9 Å². The van der Waals surface area contributed by atoms with Crippen molar-refractivity contribution < 1.29 is 37.0 Å². The lowest BCUT2D eigenvalue weighted by atomic mass is 10.0. The summed E-state index contributed by atoms with van der Waals surface area (Å²) in [6, 6.07) is 8.85. The molecule has 0 aliphatic carbocycles. The highest BCUT2D eigenvalue weighted by Gasteiger charge is 2.27. The van der Waals surface area contributed by atoms with Crippen LogP contribution in [0, 0.1) is 12.7 Å². The van der Waals surface area contributed by atoms with Gasteiger partial charge in [-0.25, -0.2) is 4.39 Å². The number of hydrogen-bond donors (Lipinski definition) is 3. The first-order chi connectivity index (χ1) is 15.1. The largest absolute Gasteiger partial charge is 0.493 e. The van der Waals surface area contributed by atoms with Gasteiger partial charge in [-0.2, -0.15) is 13.2 Å². The maximum atomic E-state index is 13.9. The van der Waals surface area contributed by atoms with E-state index in [2.05, 4.69) is 10.6 Å². The number of hydrogen-bond acceptors (Lipinski definition) is 4. The molecule has 0 radical (unpaired) electrons. The number of halogens is 4. The molecule has 0 aromatic heterocycles. The third-order valence-electron chi connectivity index (χ3n) is 4.48. The molecule has 0 spiro atoms. The number of amides is 2. The van der Waals surface area contributed by atoms with E-state index in [0.29, 0.717) is 11.1 Å². The molecule has 0 saturated heterocycles. The molecule has 2 aromatic carbocycles. The molecule has 6 nitrogen and oxygen atoms in total. The number of carbonyl (C=O) groups excluding carboxylic acids is 2. The summed E-state index contributed by atoms with van der Waals surface area (Å²) in [7, 11) is 0. The van der Waals surface area contributed by atoms with Crippen LogP contribution in [0.15, 0.2) is 42.5 Å². The topological polar surface area (TPSA) is 87.7 Å². The first-order valence-electron chi connectivity index (χ1n) is 9.83. The predicted octanol–water partition coefficient (Wildman–Crippen LogP) is 2.91. The Balaban J connectivity index is 2.06. The molecule has 2 aromatic rings. The lowest BCUT2D eigenvalue weighted by Crippen LogP contribution is -2.48. The van der Waals surface area contributed by atoms with Crippen molar-refractivity contribution in [3.05, 3.63) is 65.0 Å². The Morgan fingerprint density at radius 2 is 1.81 bits per heavy atom. The number of ether oxygens (including phenoxy) is 1. The van der Waals surface area contributed by atoms with E-state index < -0.39 is 42.9 Å². The molecule has 0 aliphatic rings. The minimum atomic E-state index is -4.33. The van der Waals surface area contributed by atoms with Crippen molar-refractivity contribution in [2.24, 2.45) is 0 Å². The highest BCUT2D eigenvalue weighted by atomic mass is 19.4. The second kappa shape index (κ2) is 11.5. The van der Waals surface area contributed by atoms with E-state index in [0.717, 1.165) is 0 Å². The summed E-state index contributed by atoms with van der Waals surface area (Å²) in [6.07, 6.45) is -5.41. The molecule has 0 saturated carbocycles. The number of nitrogens with one attached hydrogen (secondary N) is 2. The van der Waals surface area contributed by atoms with Gasteiger partial charge in [0.25, 0.3) is 5.91 Å². The van der Waals surface area contributed by atoms with Gasteiger partial charge in [-0.05, 0) is 48.4 Å². The van der Waals surface area contributed by atoms with Gasteiger partial charge in [-0.15, -0.1) is 0 Å². The second-order valence-corrected chi connectivity index (χ2v) is 7.07. The summed E-state index contributed by atoms with van der Waals surface area (Å²) in [5, 5.41) is 14.0. The Kier molecular flexibility index (Phi) is 9.01. The fourth-order valence-corrected chi connectivity index (χ4v) is 2.74. The molecule has 0 fully saturated rings. The molecule has 174 valence electrons. The van der Waals surface area contributed by atoms with E-state index in [9.17, 15) is 27.2 Å². The molecular formula is C22H24F4N2O4. The molecule has 10 heteroatoms. The van der Waals surface area contributed by atoms with Gasteiger partial charge in [0.1, 0.15) is 17.6 Å². The standard InChI is InChI=1S/C22H24F4N2O4/c1-14-2-3-15(12-18(14)23)13-19(21(31)27-9-10-29)28-20(30)16-4-6-17(7-5-16)32-11-8-22(24,25)26/h2-7,12,19,29H,8-11,13H2,1H3,(H,27,31)(H,28,30). The van der Waals surface area contributed by atoms with E-state index in [1.807, 2.05) is 0 Å². The van der Waals surface area contributed by atoms with Crippen molar-refractivity contribution in [1.82, 2.24) is 10.6 Å². The van der Waals surface area contributed by atoms with E-state index in [4.69, 9.17) is 9.84 Å². The van der Waals surface area contributed by atoms with Crippen molar-refractivity contribution in [2.45, 2.75) is 32.0 Å². The molecule has 3 N–H and O–H groups in total. The highest BCUT2D eigenvalue weighted by molar-refractivity contribution is 5.97. The highest BCUT2D eigenvalue weighted by Crippen LogP contribution is 2.20. The molecule has 32 heavy (non-hydrogen) atoms. The molecule has 1 atom stereocenters. The van der Waals surface area contributed by atoms with Crippen LogP contribution in [0.3, 0.4) is 0 Å². The number of benzene rings is 2. The predicted molar refractivity (Wildman–Crippen MR) is 109 cm³/mol. The summed E-state index contributed by atoms with van der Waals surface area (Å²) < 4.78 is 55.4. The van der Waals surface area contributed by atoms with Crippen LogP contribution in [0.5, 0.6) is 5.75 Å². The molecule has 0 aliphatic heterocycles. The fourth-order valence-electron chi connectivity index (χ4n) is 2.74. The molecular weight excluding hydrogens is 432 g/mol. The second-order valence-electron chi connectivity index (χ2n) is 7.07. The van der Waals surface area contributed by atoms with Gasteiger partial charge in [0, 0.05) is 18.5 Å². The maximum absolute atomic E-state index is 13.9. The maximum Gasteiger partial charge on any atom is 0.392 e. The first-order valence-corrected chi connectivity index (χ1v) is 9.83. The minimum Gasteiger partial charge on any atom is -0.493 e. The lowest BCUT2D eigenvalue weighted by molar-refractivity contribution is -0.139. The van der Waals surface area contributed by atoms with Gasteiger partial charge < -0.3 is 20.5 Å². The summed E-state index contributed by atoms with van der Waals surface area (Å²) in [5.41, 5.74) is 1.09. The summed E-state index contributed by atoms with van der Waals surface area (Å²) in [4.78, 5) is 25.0. The average Bonchev–Trinajstić information content (AvgIpc) is 2.73. The summed E-state index contributed by atoms with van der Waals surface area (Å²) in [6.45, 7) is 0.747. The van der Waals surface area contributed by atoms with Crippen LogP contribution in [0.2, 0.25) is 0 Å². The van der Waals surface area contributed by atoms with E-state index in [1.54, 1.807) is 19.1 Å². The smallest absolute Gasteiger partial charge is 0.392 e. The Morgan fingerprint density at radius 3 is 2.41 bits per heavy atom. The van der Waals surface area contributed by atoms with E-state index >= 15 is 0 Å². The molecule has 1 unspecified atom stereocenters. The van der Waals surface area contributed by atoms with Gasteiger partial charge in [-0.1, -0.05) is 12.1 Å². The first kappa shape index (κ1) is 25.1. The summed E-state index contributed by atoms with van der Waals surface area (Å²) in [5.74, 6) is -1.44. The van der Waals surface area contributed by atoms with Crippen molar-refractivity contribution in [3.8, 4) is 5.75 Å². The third kappa shape index (κ3) is 8.18. The van der Waals surface area contributed by atoms with Crippen molar-refractivity contribution in [2.75, 3.05) is 19.8 Å². The van der Waals surface area contributed by atoms with Gasteiger partial charge in [0.2, 0.25) is 5.91 Å². The van der Waals surface area contributed by atoms with Gasteiger partial charge in [0.15, 0.2) is 0 Å². The molecule has 2 amide bonds. The fraction of sp³-hybridized carbons (Fsp3) is 0.364. The minimum absolute atomic E-state index is 0.0127. The van der Waals surface area contributed by atoms with Crippen LogP contribution in [0.4, 0.5) is 17.6 Å². The quantitative estimate of drug-likeness (QED) is 0.480. The third-order valence-corrected chi connectivity index (χ3v) is 4.48. The van der Waals surface area contributed by atoms with Crippen LogP contribution >= 0.6 is 0 Å². The van der Waals surface area contributed by atoms with Crippen molar-refractivity contribution >= 4 is 11.8 Å². The van der Waals surface area contributed by atoms with Gasteiger partial charge in [-0.3, -0.25) is 9.59 Å². The van der Waals surface area contributed by atoms with Crippen LogP contribution < -0.4 is 15.4 Å². The Morgan fingerprint density at radius 1 is 1.12 bits per heavy atom. The Labute approximate surface area is 182 Å². The SMILES string of the molecule is Cc1ccc(CC(NC(=O)c2ccc(OCCC(F)(F)F)cc2)C(=O)NCCO)cc1F. The Hall–Kier alpha value is -3.14. The number of aliphatic hydroxyl groups excluding tert-OH is 1. The number of carbonyl (C=O) groups is 2. The van der Waals surface area contributed by atoms with Crippen LogP contribution in [-0.2, 0) is 11.2 Å². The van der Waals surface area contributed by atoms with E-state index in [1.165, 1.54) is 30.3 Å². The molecule has 0 bridgehead atoms. The average molecular weight is 456 g/mol. The Bertz CT molecular complexity index is 917. The molecule has 0 heterocycles. The summed E-state index contributed by atoms with van der Waals surface area (Å²) >= 11 is 0. The zero-order chi connectivity index (χ0) is 23.7. The zero-order valence-electron chi connectivity index (χ0n) is 17.3.